The van der Waals surface area contributed by atoms with Gasteiger partial charge in [0.2, 0.25) is 5.88 Å². The van der Waals surface area contributed by atoms with Gasteiger partial charge in [0.15, 0.2) is 0 Å². The quantitative estimate of drug-likeness (QED) is 0.808. The Hall–Kier alpha value is -1.09. The summed E-state index contributed by atoms with van der Waals surface area (Å²) in [5.41, 5.74) is 2.50. The SMILES string of the molecule is CCCCN1CCCCC1c1ccc(OC)nc1C. The molecular weight excluding hydrogens is 236 g/mol. The lowest BCUT2D eigenvalue weighted by molar-refractivity contribution is 0.146. The molecule has 0 amide bonds. The number of hydrogen-bond acceptors (Lipinski definition) is 3. The Bertz CT molecular complexity index is 406. The van der Waals surface area contributed by atoms with Crippen LogP contribution >= 0.6 is 0 Å². The summed E-state index contributed by atoms with van der Waals surface area (Å²) in [7, 11) is 1.68. The van der Waals surface area contributed by atoms with Crippen LogP contribution < -0.4 is 4.74 Å². The minimum absolute atomic E-state index is 0.554. The minimum atomic E-state index is 0.554. The van der Waals surface area contributed by atoms with E-state index in [1.54, 1.807) is 7.11 Å². The van der Waals surface area contributed by atoms with Crippen LogP contribution in [0.4, 0.5) is 0 Å². The average Bonchev–Trinajstić information content (AvgIpc) is 2.45. The lowest BCUT2D eigenvalue weighted by atomic mass is 9.94. The van der Waals surface area contributed by atoms with E-state index in [4.69, 9.17) is 4.74 Å². The van der Waals surface area contributed by atoms with E-state index in [9.17, 15) is 0 Å². The van der Waals surface area contributed by atoms with E-state index >= 15 is 0 Å². The zero-order chi connectivity index (χ0) is 13.7. The second-order valence-corrected chi connectivity index (χ2v) is 5.43. The van der Waals surface area contributed by atoms with Gasteiger partial charge in [-0.15, -0.1) is 0 Å². The molecule has 1 aromatic heterocycles. The highest BCUT2D eigenvalue weighted by molar-refractivity contribution is 5.28. The second kappa shape index (κ2) is 6.90. The van der Waals surface area contributed by atoms with Crippen molar-refractivity contribution in [3.63, 3.8) is 0 Å². The van der Waals surface area contributed by atoms with Gasteiger partial charge >= 0.3 is 0 Å². The van der Waals surface area contributed by atoms with Gasteiger partial charge in [-0.1, -0.05) is 25.8 Å². The summed E-state index contributed by atoms with van der Waals surface area (Å²) in [5, 5.41) is 0. The van der Waals surface area contributed by atoms with E-state index in [0.717, 1.165) is 11.6 Å². The summed E-state index contributed by atoms with van der Waals surface area (Å²) >= 11 is 0. The predicted molar refractivity (Wildman–Crippen MR) is 78.6 cm³/mol. The molecule has 0 spiro atoms. The molecule has 3 nitrogen and oxygen atoms in total. The smallest absolute Gasteiger partial charge is 0.213 e. The van der Waals surface area contributed by atoms with Gasteiger partial charge in [0.25, 0.3) is 0 Å². The molecule has 3 heteroatoms. The van der Waals surface area contributed by atoms with Crippen molar-refractivity contribution >= 4 is 0 Å². The number of aryl methyl sites for hydroxylation is 1. The zero-order valence-electron chi connectivity index (χ0n) is 12.5. The molecule has 2 heterocycles. The first-order valence-electron chi connectivity index (χ1n) is 7.51. The van der Waals surface area contributed by atoms with Crippen molar-refractivity contribution in [1.29, 1.82) is 0 Å². The Morgan fingerprint density at radius 2 is 2.21 bits per heavy atom. The first-order chi connectivity index (χ1) is 9.26. The average molecular weight is 262 g/mol. The highest BCUT2D eigenvalue weighted by Crippen LogP contribution is 2.33. The van der Waals surface area contributed by atoms with Crippen molar-refractivity contribution in [2.45, 2.75) is 52.0 Å². The topological polar surface area (TPSA) is 25.4 Å². The predicted octanol–water partition coefficient (Wildman–Crippen LogP) is 3.73. The minimum Gasteiger partial charge on any atom is -0.481 e. The number of aromatic nitrogens is 1. The highest BCUT2D eigenvalue weighted by Gasteiger charge is 2.25. The number of ether oxygens (including phenoxy) is 1. The van der Waals surface area contributed by atoms with Crippen molar-refractivity contribution in [3.8, 4) is 5.88 Å². The molecule has 106 valence electrons. The lowest BCUT2D eigenvalue weighted by Crippen LogP contribution is -2.34. The molecule has 2 rings (SSSR count). The number of piperidine rings is 1. The molecule has 0 aromatic carbocycles. The molecule has 0 bridgehead atoms. The van der Waals surface area contributed by atoms with Crippen LogP contribution in [0.2, 0.25) is 0 Å². The van der Waals surface area contributed by atoms with Crippen molar-refractivity contribution < 1.29 is 4.74 Å². The van der Waals surface area contributed by atoms with Crippen molar-refractivity contribution in [2.75, 3.05) is 20.2 Å². The number of likely N-dealkylation sites (tertiary alicyclic amines) is 1. The molecule has 0 radical (unpaired) electrons. The fraction of sp³-hybridized carbons (Fsp3) is 0.688. The molecule has 0 saturated carbocycles. The molecule has 19 heavy (non-hydrogen) atoms. The van der Waals surface area contributed by atoms with Gasteiger partial charge in [0.1, 0.15) is 0 Å². The van der Waals surface area contributed by atoms with Gasteiger partial charge in [0, 0.05) is 17.8 Å². The summed E-state index contributed by atoms with van der Waals surface area (Å²) in [6.07, 6.45) is 6.49. The molecule has 1 saturated heterocycles. The van der Waals surface area contributed by atoms with E-state index in [2.05, 4.69) is 29.8 Å². The lowest BCUT2D eigenvalue weighted by Gasteiger charge is -2.36. The molecular formula is C16H26N2O. The third-order valence-corrected chi connectivity index (χ3v) is 4.08. The van der Waals surface area contributed by atoms with E-state index in [0.29, 0.717) is 6.04 Å². The summed E-state index contributed by atoms with van der Waals surface area (Å²) in [6, 6.07) is 4.75. The van der Waals surface area contributed by atoms with Gasteiger partial charge in [0.05, 0.1) is 7.11 Å². The number of methoxy groups -OCH3 is 1. The molecule has 1 aliphatic rings. The third-order valence-electron chi connectivity index (χ3n) is 4.08. The van der Waals surface area contributed by atoms with Crippen LogP contribution in [-0.2, 0) is 0 Å². The zero-order valence-corrected chi connectivity index (χ0v) is 12.5. The Labute approximate surface area is 117 Å². The third kappa shape index (κ3) is 3.47. The van der Waals surface area contributed by atoms with Crippen LogP contribution in [0.3, 0.4) is 0 Å². The monoisotopic (exact) mass is 262 g/mol. The Morgan fingerprint density at radius 1 is 1.37 bits per heavy atom. The molecule has 1 fully saturated rings. The van der Waals surface area contributed by atoms with Crippen LogP contribution in [0, 0.1) is 6.92 Å². The molecule has 1 atom stereocenters. The van der Waals surface area contributed by atoms with E-state index < -0.39 is 0 Å². The van der Waals surface area contributed by atoms with Crippen LogP contribution in [0.15, 0.2) is 12.1 Å². The van der Waals surface area contributed by atoms with Gasteiger partial charge < -0.3 is 4.74 Å². The highest BCUT2D eigenvalue weighted by atomic mass is 16.5. The number of rotatable bonds is 5. The Balaban J connectivity index is 2.17. The molecule has 1 unspecified atom stereocenters. The fourth-order valence-electron chi connectivity index (χ4n) is 2.99. The molecule has 0 N–H and O–H groups in total. The first-order valence-corrected chi connectivity index (χ1v) is 7.51. The van der Waals surface area contributed by atoms with Crippen LogP contribution in [0.1, 0.15) is 56.3 Å². The largest absolute Gasteiger partial charge is 0.481 e. The molecule has 0 aliphatic carbocycles. The van der Waals surface area contributed by atoms with Crippen LogP contribution in [0.5, 0.6) is 5.88 Å². The summed E-state index contributed by atoms with van der Waals surface area (Å²) in [6.45, 7) is 6.81. The van der Waals surface area contributed by atoms with Gasteiger partial charge in [-0.25, -0.2) is 4.98 Å². The normalized spacial score (nSPS) is 20.5. The van der Waals surface area contributed by atoms with Gasteiger partial charge in [-0.2, -0.15) is 0 Å². The molecule has 1 aliphatic heterocycles. The van der Waals surface area contributed by atoms with Crippen LogP contribution in [-0.4, -0.2) is 30.1 Å². The maximum absolute atomic E-state index is 5.20. The number of hydrogen-bond donors (Lipinski definition) is 0. The second-order valence-electron chi connectivity index (χ2n) is 5.43. The number of unbranched alkanes of at least 4 members (excludes halogenated alkanes) is 1. The van der Waals surface area contributed by atoms with Gasteiger partial charge in [-0.05, 0) is 44.8 Å². The van der Waals surface area contributed by atoms with Gasteiger partial charge in [-0.3, -0.25) is 4.90 Å². The number of pyridine rings is 1. The Morgan fingerprint density at radius 3 is 2.89 bits per heavy atom. The van der Waals surface area contributed by atoms with E-state index in [1.807, 2.05) is 6.07 Å². The van der Waals surface area contributed by atoms with E-state index in [-0.39, 0.29) is 0 Å². The van der Waals surface area contributed by atoms with Crippen molar-refractivity contribution in [1.82, 2.24) is 9.88 Å². The first kappa shape index (κ1) is 14.3. The summed E-state index contributed by atoms with van der Waals surface area (Å²) in [4.78, 5) is 7.18. The summed E-state index contributed by atoms with van der Waals surface area (Å²) in [5.74, 6) is 0.720. The Kier molecular flexibility index (Phi) is 5.20. The summed E-state index contributed by atoms with van der Waals surface area (Å²) < 4.78 is 5.20. The maximum Gasteiger partial charge on any atom is 0.213 e. The van der Waals surface area contributed by atoms with Crippen molar-refractivity contribution in [2.24, 2.45) is 0 Å². The standard InChI is InChI=1S/C16H26N2O/c1-4-5-11-18-12-7-6-8-15(18)14-9-10-16(19-3)17-13(14)2/h9-10,15H,4-8,11-12H2,1-3H3. The van der Waals surface area contributed by atoms with Crippen LogP contribution in [0.25, 0.3) is 0 Å². The number of nitrogens with zero attached hydrogens (tertiary/aromatic N) is 2. The van der Waals surface area contributed by atoms with E-state index in [1.165, 1.54) is 50.8 Å². The fourth-order valence-corrected chi connectivity index (χ4v) is 2.99. The maximum atomic E-state index is 5.20. The molecule has 1 aromatic rings. The van der Waals surface area contributed by atoms with Crippen molar-refractivity contribution in [3.05, 3.63) is 23.4 Å².